The highest BCUT2D eigenvalue weighted by atomic mass is 16.4. The van der Waals surface area contributed by atoms with E-state index in [1.807, 2.05) is 31.2 Å². The summed E-state index contributed by atoms with van der Waals surface area (Å²) in [4.78, 5) is 25.6. The lowest BCUT2D eigenvalue weighted by Crippen LogP contribution is -2.44. The normalized spacial score (nSPS) is 27.9. The highest BCUT2D eigenvalue weighted by molar-refractivity contribution is 5.83. The number of hydrogen-bond acceptors (Lipinski definition) is 3. The number of hydrogen-bond donors (Lipinski definition) is 2. The van der Waals surface area contributed by atoms with Gasteiger partial charge in [0.2, 0.25) is 5.91 Å². The number of aliphatic carboxylic acids is 1. The van der Waals surface area contributed by atoms with Gasteiger partial charge in [-0.25, -0.2) is 0 Å². The molecule has 1 aromatic carbocycles. The van der Waals surface area contributed by atoms with Crippen molar-refractivity contribution in [2.24, 2.45) is 11.8 Å². The molecule has 0 aliphatic carbocycles. The molecule has 1 aromatic rings. The topological polar surface area (TPSA) is 69.6 Å². The molecular weight excluding hydrogens is 268 g/mol. The fraction of sp³-hybridized carbons (Fsp3) is 0.500. The summed E-state index contributed by atoms with van der Waals surface area (Å²) in [7, 11) is 0. The average molecular weight is 288 g/mol. The van der Waals surface area contributed by atoms with E-state index in [1.165, 1.54) is 0 Å². The fourth-order valence-electron chi connectivity index (χ4n) is 3.43. The number of carboxylic acid groups (broad SMARTS) is 1. The Bertz CT molecular complexity index is 572. The van der Waals surface area contributed by atoms with Gasteiger partial charge in [-0.15, -0.1) is 0 Å². The van der Waals surface area contributed by atoms with E-state index in [4.69, 9.17) is 0 Å². The molecule has 0 spiro atoms. The van der Waals surface area contributed by atoms with Crippen molar-refractivity contribution < 1.29 is 14.7 Å². The van der Waals surface area contributed by atoms with Crippen molar-refractivity contribution in [1.29, 1.82) is 0 Å². The van der Waals surface area contributed by atoms with Crippen LogP contribution in [0.3, 0.4) is 0 Å². The molecule has 112 valence electrons. The second kappa shape index (κ2) is 5.39. The Morgan fingerprint density at radius 2 is 2.10 bits per heavy atom. The summed E-state index contributed by atoms with van der Waals surface area (Å²) < 4.78 is 0. The van der Waals surface area contributed by atoms with Crippen LogP contribution in [0.2, 0.25) is 0 Å². The molecule has 3 rings (SSSR count). The second-order valence-electron chi connectivity index (χ2n) is 5.94. The smallest absolute Gasteiger partial charge is 0.308 e. The third kappa shape index (κ3) is 2.48. The van der Waals surface area contributed by atoms with Gasteiger partial charge in [0.25, 0.3) is 0 Å². The van der Waals surface area contributed by atoms with Crippen LogP contribution < -0.4 is 5.32 Å². The number of carboxylic acids is 1. The van der Waals surface area contributed by atoms with Crippen molar-refractivity contribution in [3.63, 3.8) is 0 Å². The molecule has 0 saturated carbocycles. The van der Waals surface area contributed by atoms with Crippen molar-refractivity contribution in [3.8, 4) is 0 Å². The number of carbonyl (C=O) groups excluding carboxylic acids is 1. The first-order valence-corrected chi connectivity index (χ1v) is 7.43. The van der Waals surface area contributed by atoms with Gasteiger partial charge < -0.3 is 15.3 Å². The van der Waals surface area contributed by atoms with E-state index < -0.39 is 11.9 Å². The van der Waals surface area contributed by atoms with Crippen LogP contribution >= 0.6 is 0 Å². The van der Waals surface area contributed by atoms with Gasteiger partial charge in [0.15, 0.2) is 0 Å². The lowest BCUT2D eigenvalue weighted by Gasteiger charge is -2.31. The predicted molar refractivity (Wildman–Crippen MR) is 79.0 cm³/mol. The van der Waals surface area contributed by atoms with Gasteiger partial charge in [0, 0.05) is 24.8 Å². The molecule has 1 fully saturated rings. The molecule has 1 saturated heterocycles. The molecule has 3 atom stereocenters. The number of likely N-dealkylation sites (tertiary alicyclic amines) is 1. The molecule has 5 heteroatoms. The number of anilines is 1. The summed E-state index contributed by atoms with van der Waals surface area (Å²) in [5.74, 6) is -1.26. The van der Waals surface area contributed by atoms with E-state index in [2.05, 4.69) is 5.32 Å². The third-order valence-corrected chi connectivity index (χ3v) is 4.73. The van der Waals surface area contributed by atoms with Gasteiger partial charge in [-0.3, -0.25) is 9.59 Å². The highest BCUT2D eigenvalue weighted by Gasteiger charge is 2.40. The van der Waals surface area contributed by atoms with Crippen molar-refractivity contribution in [2.45, 2.75) is 25.8 Å². The number of nitrogens with one attached hydrogen (secondary N) is 1. The van der Waals surface area contributed by atoms with E-state index in [9.17, 15) is 14.7 Å². The molecule has 1 amide bonds. The molecule has 0 aromatic heterocycles. The number of amides is 1. The SMILES string of the molecule is CC1C(C(=O)O)CCN1C(=O)C1CNc2ccccc2C1. The zero-order valence-corrected chi connectivity index (χ0v) is 12.1. The quantitative estimate of drug-likeness (QED) is 0.867. The van der Waals surface area contributed by atoms with E-state index in [0.717, 1.165) is 17.7 Å². The Hall–Kier alpha value is -2.04. The first-order chi connectivity index (χ1) is 10.1. The maximum absolute atomic E-state index is 12.7. The third-order valence-electron chi connectivity index (χ3n) is 4.73. The first kappa shape index (κ1) is 13.9. The molecule has 2 aliphatic rings. The Morgan fingerprint density at radius 1 is 1.33 bits per heavy atom. The standard InChI is InChI=1S/C16H20N2O3/c1-10-13(16(20)21)6-7-18(10)15(19)12-8-11-4-2-3-5-14(11)17-9-12/h2-5,10,12-13,17H,6-9H2,1H3,(H,20,21). The van der Waals surface area contributed by atoms with Gasteiger partial charge in [-0.2, -0.15) is 0 Å². The number of nitrogens with zero attached hydrogens (tertiary/aromatic N) is 1. The summed E-state index contributed by atoms with van der Waals surface area (Å²) in [6.07, 6.45) is 1.28. The zero-order chi connectivity index (χ0) is 15.0. The molecule has 5 nitrogen and oxygen atoms in total. The lowest BCUT2D eigenvalue weighted by atomic mass is 9.92. The van der Waals surface area contributed by atoms with E-state index >= 15 is 0 Å². The number of carbonyl (C=O) groups is 2. The monoisotopic (exact) mass is 288 g/mol. The fourth-order valence-corrected chi connectivity index (χ4v) is 3.43. The Balaban J connectivity index is 1.71. The van der Waals surface area contributed by atoms with Gasteiger partial charge in [-0.1, -0.05) is 18.2 Å². The lowest BCUT2D eigenvalue weighted by molar-refractivity contribution is -0.143. The van der Waals surface area contributed by atoms with Crippen LogP contribution in [0, 0.1) is 11.8 Å². The highest BCUT2D eigenvalue weighted by Crippen LogP contribution is 2.30. The molecule has 2 N–H and O–H groups in total. The summed E-state index contributed by atoms with van der Waals surface area (Å²) in [5.41, 5.74) is 2.25. The van der Waals surface area contributed by atoms with Crippen LogP contribution in [0.1, 0.15) is 18.9 Å². The van der Waals surface area contributed by atoms with Crippen LogP contribution in [0.25, 0.3) is 0 Å². The van der Waals surface area contributed by atoms with Gasteiger partial charge in [0.1, 0.15) is 0 Å². The zero-order valence-electron chi connectivity index (χ0n) is 12.1. The first-order valence-electron chi connectivity index (χ1n) is 7.43. The van der Waals surface area contributed by atoms with Crippen LogP contribution in [-0.4, -0.2) is 41.0 Å². The number of para-hydroxylation sites is 1. The molecule has 2 aliphatic heterocycles. The summed E-state index contributed by atoms with van der Waals surface area (Å²) in [6, 6.07) is 7.80. The number of fused-ring (bicyclic) bond motifs is 1. The molecule has 0 bridgehead atoms. The van der Waals surface area contributed by atoms with Gasteiger partial charge >= 0.3 is 5.97 Å². The van der Waals surface area contributed by atoms with Crippen molar-refractivity contribution in [1.82, 2.24) is 4.90 Å². The van der Waals surface area contributed by atoms with Gasteiger partial charge in [-0.05, 0) is 31.4 Å². The van der Waals surface area contributed by atoms with Crippen molar-refractivity contribution in [3.05, 3.63) is 29.8 Å². The minimum absolute atomic E-state index is 0.0771. The van der Waals surface area contributed by atoms with E-state index in [1.54, 1.807) is 4.90 Å². The average Bonchev–Trinajstić information content (AvgIpc) is 2.88. The Labute approximate surface area is 123 Å². The summed E-state index contributed by atoms with van der Waals surface area (Å²) in [5, 5.41) is 12.5. The number of rotatable bonds is 2. The van der Waals surface area contributed by atoms with Gasteiger partial charge in [0.05, 0.1) is 11.8 Å². The maximum atomic E-state index is 12.7. The van der Waals surface area contributed by atoms with E-state index in [0.29, 0.717) is 19.5 Å². The minimum Gasteiger partial charge on any atom is -0.481 e. The minimum atomic E-state index is -0.801. The summed E-state index contributed by atoms with van der Waals surface area (Å²) >= 11 is 0. The molecular formula is C16H20N2O3. The van der Waals surface area contributed by atoms with E-state index in [-0.39, 0.29) is 17.9 Å². The molecule has 21 heavy (non-hydrogen) atoms. The summed E-state index contributed by atoms with van der Waals surface area (Å²) in [6.45, 7) is 3.01. The maximum Gasteiger partial charge on any atom is 0.308 e. The molecule has 3 unspecified atom stereocenters. The molecule has 2 heterocycles. The van der Waals surface area contributed by atoms with Crippen LogP contribution in [0.5, 0.6) is 0 Å². The van der Waals surface area contributed by atoms with Crippen LogP contribution in [0.4, 0.5) is 5.69 Å². The second-order valence-corrected chi connectivity index (χ2v) is 5.94. The number of benzene rings is 1. The predicted octanol–water partition coefficient (Wildman–Crippen LogP) is 1.59. The van der Waals surface area contributed by atoms with Crippen molar-refractivity contribution in [2.75, 3.05) is 18.4 Å². The molecule has 0 radical (unpaired) electrons. The Kier molecular flexibility index (Phi) is 3.57. The van der Waals surface area contributed by atoms with Crippen molar-refractivity contribution >= 4 is 17.6 Å². The van der Waals surface area contributed by atoms with Crippen LogP contribution in [0.15, 0.2) is 24.3 Å². The van der Waals surface area contributed by atoms with Crippen LogP contribution in [-0.2, 0) is 16.0 Å². The Morgan fingerprint density at radius 3 is 2.81 bits per heavy atom. The largest absolute Gasteiger partial charge is 0.481 e.